The number of allylic oxidation sites excluding steroid dienone is 1. The molecule has 0 fully saturated rings. The number of benzene rings is 1. The minimum absolute atomic E-state index is 0.195. The molecule has 0 saturated heterocycles. The van der Waals surface area contributed by atoms with Crippen LogP contribution in [0.15, 0.2) is 40.0 Å². The molecule has 1 aromatic rings. The second-order valence-corrected chi connectivity index (χ2v) is 5.99. The predicted octanol–water partition coefficient (Wildman–Crippen LogP) is 3.37. The van der Waals surface area contributed by atoms with Gasteiger partial charge in [0.2, 0.25) is 0 Å². The van der Waals surface area contributed by atoms with Crippen LogP contribution in [-0.2, 0) is 9.53 Å². The van der Waals surface area contributed by atoms with E-state index in [4.69, 9.17) is 4.74 Å². The molecule has 1 aliphatic rings. The normalized spacial score (nSPS) is 18.3. The highest BCUT2D eigenvalue weighted by atomic mass is 79.9. The molecule has 5 nitrogen and oxygen atoms in total. The Morgan fingerprint density at radius 1 is 1.36 bits per heavy atom. The molecule has 0 spiro atoms. The van der Waals surface area contributed by atoms with Crippen molar-refractivity contribution in [3.05, 3.63) is 45.6 Å². The second-order valence-electron chi connectivity index (χ2n) is 5.08. The number of rotatable bonds is 4. The molecule has 1 heterocycles. The Morgan fingerprint density at radius 3 is 2.55 bits per heavy atom. The first-order valence-electron chi connectivity index (χ1n) is 7.12. The number of esters is 1. The van der Waals surface area contributed by atoms with Crippen molar-refractivity contribution in [2.75, 3.05) is 13.7 Å². The van der Waals surface area contributed by atoms with Crippen LogP contribution in [0, 0.1) is 0 Å². The monoisotopic (exact) mass is 366 g/mol. The number of carbonyl (C=O) groups is 2. The number of carbonyl (C=O) groups excluding carboxylic acids is 2. The van der Waals surface area contributed by atoms with E-state index in [1.807, 2.05) is 31.2 Å². The molecule has 0 aliphatic carbocycles. The van der Waals surface area contributed by atoms with Gasteiger partial charge in [-0.15, -0.1) is 0 Å². The zero-order chi connectivity index (χ0) is 16.3. The lowest BCUT2D eigenvalue weighted by Gasteiger charge is -2.35. The summed E-state index contributed by atoms with van der Waals surface area (Å²) in [4.78, 5) is 26.1. The fraction of sp³-hybridized carbons (Fsp3) is 0.375. The maximum Gasteiger partial charge on any atom is 0.337 e. The molecule has 1 aromatic carbocycles. The Morgan fingerprint density at radius 2 is 2.00 bits per heavy atom. The fourth-order valence-electron chi connectivity index (χ4n) is 2.55. The maximum atomic E-state index is 12.3. The average molecular weight is 367 g/mol. The van der Waals surface area contributed by atoms with Crippen molar-refractivity contribution in [1.29, 1.82) is 0 Å². The van der Waals surface area contributed by atoms with E-state index >= 15 is 0 Å². The third-order valence-electron chi connectivity index (χ3n) is 3.65. The second kappa shape index (κ2) is 6.96. The smallest absolute Gasteiger partial charge is 0.337 e. The molecule has 0 radical (unpaired) electrons. The van der Waals surface area contributed by atoms with E-state index in [2.05, 4.69) is 21.2 Å². The Kier molecular flexibility index (Phi) is 5.24. The summed E-state index contributed by atoms with van der Waals surface area (Å²) >= 11 is 3.38. The van der Waals surface area contributed by atoms with E-state index in [-0.39, 0.29) is 6.03 Å². The average Bonchev–Trinajstić information content (AvgIpc) is 2.51. The van der Waals surface area contributed by atoms with E-state index in [1.165, 1.54) is 7.11 Å². The van der Waals surface area contributed by atoms with Gasteiger partial charge in [-0.05, 0) is 31.0 Å². The number of hydrogen-bond donors (Lipinski definition) is 1. The van der Waals surface area contributed by atoms with Gasteiger partial charge in [0.1, 0.15) is 0 Å². The summed E-state index contributed by atoms with van der Waals surface area (Å²) in [7, 11) is 1.35. The van der Waals surface area contributed by atoms with Crippen LogP contribution in [0.3, 0.4) is 0 Å². The first-order chi connectivity index (χ1) is 10.5. The van der Waals surface area contributed by atoms with Crippen molar-refractivity contribution < 1.29 is 14.3 Å². The number of methoxy groups -OCH3 is 1. The number of nitrogens with zero attached hydrogens (tertiary/aromatic N) is 1. The first kappa shape index (κ1) is 16.5. The molecular formula is C16H19BrN2O3. The van der Waals surface area contributed by atoms with Crippen LogP contribution in [0.2, 0.25) is 0 Å². The number of ether oxygens (including phenoxy) is 1. The third-order valence-corrected chi connectivity index (χ3v) is 4.18. The highest BCUT2D eigenvalue weighted by Crippen LogP contribution is 2.31. The molecule has 0 aromatic heterocycles. The summed E-state index contributed by atoms with van der Waals surface area (Å²) in [6, 6.07) is 6.82. The van der Waals surface area contributed by atoms with Gasteiger partial charge < -0.3 is 10.1 Å². The molecule has 6 heteroatoms. The maximum absolute atomic E-state index is 12.3. The molecule has 2 rings (SSSR count). The van der Waals surface area contributed by atoms with Crippen molar-refractivity contribution >= 4 is 27.9 Å². The number of urea groups is 1. The van der Waals surface area contributed by atoms with Gasteiger partial charge >= 0.3 is 12.0 Å². The lowest BCUT2D eigenvalue weighted by atomic mass is 9.95. The molecule has 1 N–H and O–H groups in total. The van der Waals surface area contributed by atoms with Gasteiger partial charge in [-0.25, -0.2) is 9.59 Å². The number of nitrogens with one attached hydrogen (secondary N) is 1. The SMILES string of the molecule is CCCN1C(=O)N[C@@H](c2ccc(Br)cc2)C(C(=O)OC)=C1C. The lowest BCUT2D eigenvalue weighted by Crippen LogP contribution is -2.48. The van der Waals surface area contributed by atoms with Gasteiger partial charge in [0.05, 0.1) is 18.7 Å². The summed E-state index contributed by atoms with van der Waals surface area (Å²) in [5.41, 5.74) is 1.95. The van der Waals surface area contributed by atoms with Crippen LogP contribution in [0.1, 0.15) is 31.9 Å². The molecule has 118 valence electrons. The molecule has 0 saturated carbocycles. The van der Waals surface area contributed by atoms with Crippen molar-refractivity contribution in [1.82, 2.24) is 10.2 Å². The van der Waals surface area contributed by atoms with E-state index in [0.717, 1.165) is 16.5 Å². The summed E-state index contributed by atoms with van der Waals surface area (Å²) in [5.74, 6) is -0.425. The zero-order valence-electron chi connectivity index (χ0n) is 12.9. The van der Waals surface area contributed by atoms with Crippen LogP contribution in [0.4, 0.5) is 4.79 Å². The Balaban J connectivity index is 2.50. The molecular weight excluding hydrogens is 348 g/mol. The number of hydrogen-bond acceptors (Lipinski definition) is 3. The Hall–Kier alpha value is -1.82. The largest absolute Gasteiger partial charge is 0.466 e. The van der Waals surface area contributed by atoms with Gasteiger partial charge in [-0.1, -0.05) is 35.0 Å². The van der Waals surface area contributed by atoms with Crippen LogP contribution < -0.4 is 5.32 Å². The minimum atomic E-state index is -0.499. The molecule has 1 aliphatic heterocycles. The Labute approximate surface area is 138 Å². The van der Waals surface area contributed by atoms with Crippen LogP contribution in [-0.4, -0.2) is 30.6 Å². The van der Waals surface area contributed by atoms with Gasteiger partial charge in [0.15, 0.2) is 0 Å². The molecule has 1 atom stereocenters. The van der Waals surface area contributed by atoms with Crippen molar-refractivity contribution in [2.45, 2.75) is 26.3 Å². The fourth-order valence-corrected chi connectivity index (χ4v) is 2.82. The topological polar surface area (TPSA) is 58.6 Å². The molecule has 2 amide bonds. The van der Waals surface area contributed by atoms with Gasteiger partial charge in [0.25, 0.3) is 0 Å². The highest BCUT2D eigenvalue weighted by molar-refractivity contribution is 9.10. The van der Waals surface area contributed by atoms with Crippen molar-refractivity contribution in [3.8, 4) is 0 Å². The first-order valence-corrected chi connectivity index (χ1v) is 7.91. The van der Waals surface area contributed by atoms with Crippen molar-refractivity contribution in [2.24, 2.45) is 0 Å². The minimum Gasteiger partial charge on any atom is -0.466 e. The number of halogens is 1. The quantitative estimate of drug-likeness (QED) is 0.831. The summed E-state index contributed by atoms with van der Waals surface area (Å²) in [5, 5.41) is 2.90. The van der Waals surface area contributed by atoms with Crippen LogP contribution in [0.5, 0.6) is 0 Å². The molecule has 0 unspecified atom stereocenters. The Bertz CT molecular complexity index is 610. The van der Waals surface area contributed by atoms with Crippen LogP contribution in [0.25, 0.3) is 0 Å². The van der Waals surface area contributed by atoms with E-state index in [0.29, 0.717) is 17.8 Å². The number of amides is 2. The van der Waals surface area contributed by atoms with Gasteiger partial charge in [0, 0.05) is 16.7 Å². The summed E-state index contributed by atoms with van der Waals surface area (Å²) in [6.07, 6.45) is 0.808. The highest BCUT2D eigenvalue weighted by Gasteiger charge is 2.35. The summed E-state index contributed by atoms with van der Waals surface area (Å²) < 4.78 is 5.85. The molecule has 22 heavy (non-hydrogen) atoms. The zero-order valence-corrected chi connectivity index (χ0v) is 14.4. The van der Waals surface area contributed by atoms with Crippen molar-refractivity contribution in [3.63, 3.8) is 0 Å². The lowest BCUT2D eigenvalue weighted by molar-refractivity contribution is -0.136. The summed E-state index contributed by atoms with van der Waals surface area (Å²) in [6.45, 7) is 4.33. The van der Waals surface area contributed by atoms with Gasteiger partial charge in [-0.3, -0.25) is 4.90 Å². The van der Waals surface area contributed by atoms with Gasteiger partial charge in [-0.2, -0.15) is 0 Å². The standard InChI is InChI=1S/C16H19BrN2O3/c1-4-9-19-10(2)13(15(20)22-3)14(18-16(19)21)11-5-7-12(17)8-6-11/h5-8,14H,4,9H2,1-3H3,(H,18,21)/t14-/m0/s1. The molecule has 0 bridgehead atoms. The van der Waals surface area contributed by atoms with E-state index < -0.39 is 12.0 Å². The van der Waals surface area contributed by atoms with E-state index in [9.17, 15) is 9.59 Å². The van der Waals surface area contributed by atoms with Crippen LogP contribution >= 0.6 is 15.9 Å². The van der Waals surface area contributed by atoms with E-state index in [1.54, 1.807) is 11.8 Å². The predicted molar refractivity (Wildman–Crippen MR) is 87.1 cm³/mol. The third kappa shape index (κ3) is 3.16.